The van der Waals surface area contributed by atoms with Crippen molar-refractivity contribution < 1.29 is 4.52 Å². The summed E-state index contributed by atoms with van der Waals surface area (Å²) >= 11 is 0. The third-order valence-corrected chi connectivity index (χ3v) is 3.68. The van der Waals surface area contributed by atoms with Crippen molar-refractivity contribution in [3.63, 3.8) is 0 Å². The van der Waals surface area contributed by atoms with Gasteiger partial charge in [0.15, 0.2) is 5.82 Å². The number of nitrogens with two attached hydrogens (primary N) is 1. The molecule has 0 spiro atoms. The summed E-state index contributed by atoms with van der Waals surface area (Å²) in [5.74, 6) is 0.761. The first-order valence-corrected chi connectivity index (χ1v) is 7.23. The minimum atomic E-state index is -0.281. The Hall–Kier alpha value is -1.99. The molecule has 1 unspecified atom stereocenters. The van der Waals surface area contributed by atoms with Crippen LogP contribution in [0.5, 0.6) is 0 Å². The van der Waals surface area contributed by atoms with Crippen LogP contribution in [0.2, 0.25) is 0 Å². The first-order valence-electron chi connectivity index (χ1n) is 7.23. The van der Waals surface area contributed by atoms with Crippen molar-refractivity contribution in [1.29, 1.82) is 0 Å². The molecule has 3 N–H and O–H groups in total. The van der Waals surface area contributed by atoms with Gasteiger partial charge in [0.25, 0.3) is 5.89 Å². The van der Waals surface area contributed by atoms with Gasteiger partial charge in [0.1, 0.15) is 5.69 Å². The first-order chi connectivity index (χ1) is 10.2. The fraction of sp³-hybridized carbons (Fsp3) is 0.500. The second kappa shape index (κ2) is 6.19. The molecule has 21 heavy (non-hydrogen) atoms. The normalized spacial score (nSPS) is 17.8. The summed E-state index contributed by atoms with van der Waals surface area (Å²) in [6.45, 7) is 2.87. The summed E-state index contributed by atoms with van der Waals surface area (Å²) in [6, 6.07) is 4.51. The van der Waals surface area contributed by atoms with E-state index in [1.165, 1.54) is 25.3 Å². The van der Waals surface area contributed by atoms with E-state index in [0.29, 0.717) is 11.5 Å². The molecule has 7 nitrogen and oxygen atoms in total. The first kappa shape index (κ1) is 14.0. The average molecular weight is 289 g/mol. The van der Waals surface area contributed by atoms with E-state index in [1.54, 1.807) is 12.1 Å². The summed E-state index contributed by atoms with van der Waals surface area (Å²) in [7, 11) is 0. The monoisotopic (exact) mass is 289 g/mol. The summed E-state index contributed by atoms with van der Waals surface area (Å²) in [5.41, 5.74) is 6.45. The van der Waals surface area contributed by atoms with Crippen LogP contribution in [-0.4, -0.2) is 39.7 Å². The Morgan fingerprint density at radius 3 is 2.90 bits per heavy atom. The molecule has 1 aliphatic rings. The highest BCUT2D eigenvalue weighted by molar-refractivity contribution is 5.45. The molecule has 0 aromatic carbocycles. The van der Waals surface area contributed by atoms with Crippen LogP contribution in [-0.2, 0) is 0 Å². The average Bonchev–Trinajstić information content (AvgIpc) is 2.98. The highest BCUT2D eigenvalue weighted by Crippen LogP contribution is 2.17. The highest BCUT2D eigenvalue weighted by atomic mass is 16.5. The molecular weight excluding hydrogens is 270 g/mol. The Labute approximate surface area is 122 Å². The van der Waals surface area contributed by atoms with E-state index in [2.05, 4.69) is 20.0 Å². The van der Waals surface area contributed by atoms with Gasteiger partial charge in [-0.15, -0.1) is 0 Å². The van der Waals surface area contributed by atoms with Gasteiger partial charge in [0, 0.05) is 12.6 Å². The molecule has 0 radical (unpaired) electrons. The highest BCUT2D eigenvalue weighted by Gasteiger charge is 2.19. The van der Waals surface area contributed by atoms with Crippen molar-refractivity contribution in [2.75, 3.05) is 19.6 Å². The number of aromatic nitrogens is 3. The number of nitrogens with one attached hydrogen (secondary N) is 1. The third kappa shape index (κ3) is 3.37. The standard InChI is InChI=1S/C14H19N5O2/c15-10(9-19-7-2-1-3-8-19)13-17-14(21-18-13)11-5-4-6-12(20)16-11/h4-6,10H,1-3,7-9,15H2,(H,16,20). The summed E-state index contributed by atoms with van der Waals surface area (Å²) < 4.78 is 5.19. The lowest BCUT2D eigenvalue weighted by Gasteiger charge is -2.27. The molecule has 2 aromatic rings. The van der Waals surface area contributed by atoms with Gasteiger partial charge in [-0.25, -0.2) is 0 Å². The number of piperidine rings is 1. The molecule has 0 amide bonds. The molecule has 3 rings (SSSR count). The van der Waals surface area contributed by atoms with Crippen LogP contribution >= 0.6 is 0 Å². The predicted molar refractivity (Wildman–Crippen MR) is 77.6 cm³/mol. The largest absolute Gasteiger partial charge is 0.332 e. The Morgan fingerprint density at radius 2 is 2.14 bits per heavy atom. The molecule has 112 valence electrons. The van der Waals surface area contributed by atoms with Gasteiger partial charge < -0.3 is 20.1 Å². The Balaban J connectivity index is 1.70. The quantitative estimate of drug-likeness (QED) is 0.867. The summed E-state index contributed by atoms with van der Waals surface area (Å²) in [6.07, 6.45) is 3.73. The van der Waals surface area contributed by atoms with Crippen LogP contribution in [0.25, 0.3) is 11.6 Å². The van der Waals surface area contributed by atoms with E-state index in [4.69, 9.17) is 10.3 Å². The number of hydrogen-bond donors (Lipinski definition) is 2. The maximum atomic E-state index is 11.3. The number of pyridine rings is 1. The van der Waals surface area contributed by atoms with Crippen LogP contribution < -0.4 is 11.3 Å². The molecule has 0 saturated carbocycles. The van der Waals surface area contributed by atoms with Gasteiger partial charge in [-0.2, -0.15) is 4.98 Å². The number of H-pyrrole nitrogens is 1. The van der Waals surface area contributed by atoms with Crippen LogP contribution in [0.4, 0.5) is 0 Å². The van der Waals surface area contributed by atoms with Gasteiger partial charge in [-0.1, -0.05) is 17.6 Å². The molecule has 3 heterocycles. The molecular formula is C14H19N5O2. The van der Waals surface area contributed by atoms with Crippen molar-refractivity contribution in [3.8, 4) is 11.6 Å². The fourth-order valence-electron chi connectivity index (χ4n) is 2.57. The Kier molecular flexibility index (Phi) is 4.12. The molecule has 1 aliphatic heterocycles. The van der Waals surface area contributed by atoms with E-state index < -0.39 is 0 Å². The lowest BCUT2D eigenvalue weighted by molar-refractivity contribution is 0.213. The van der Waals surface area contributed by atoms with Crippen LogP contribution in [0.1, 0.15) is 31.1 Å². The number of rotatable bonds is 4. The van der Waals surface area contributed by atoms with Gasteiger partial charge in [-0.05, 0) is 32.0 Å². The van der Waals surface area contributed by atoms with Gasteiger partial charge in [0.05, 0.1) is 6.04 Å². The number of nitrogens with zero attached hydrogens (tertiary/aromatic N) is 3. The summed E-state index contributed by atoms with van der Waals surface area (Å²) in [4.78, 5) is 20.6. The predicted octanol–water partition coefficient (Wildman–Crippen LogP) is 0.911. The molecule has 2 aromatic heterocycles. The summed E-state index contributed by atoms with van der Waals surface area (Å²) in [5, 5.41) is 3.93. The molecule has 1 saturated heterocycles. The number of likely N-dealkylation sites (tertiary alicyclic amines) is 1. The van der Waals surface area contributed by atoms with Gasteiger partial charge in [0.2, 0.25) is 5.56 Å². The van der Waals surface area contributed by atoms with Gasteiger partial charge in [-0.3, -0.25) is 4.79 Å². The molecule has 0 bridgehead atoms. The number of aromatic amines is 1. The second-order valence-electron chi connectivity index (χ2n) is 5.35. The van der Waals surface area contributed by atoms with Crippen LogP contribution in [0.3, 0.4) is 0 Å². The fourth-order valence-corrected chi connectivity index (χ4v) is 2.57. The Bertz CT molecular complexity index is 645. The SMILES string of the molecule is NC(CN1CCCCC1)c1noc(-c2cccc(=O)[nH]2)n1. The van der Waals surface area contributed by atoms with Crippen molar-refractivity contribution >= 4 is 0 Å². The van der Waals surface area contributed by atoms with E-state index in [9.17, 15) is 4.79 Å². The number of hydrogen-bond acceptors (Lipinski definition) is 6. The van der Waals surface area contributed by atoms with Gasteiger partial charge >= 0.3 is 0 Å². The molecule has 0 aliphatic carbocycles. The Morgan fingerprint density at radius 1 is 1.33 bits per heavy atom. The zero-order chi connectivity index (χ0) is 14.7. The third-order valence-electron chi connectivity index (χ3n) is 3.68. The topological polar surface area (TPSA) is 101 Å². The van der Waals surface area contributed by atoms with E-state index >= 15 is 0 Å². The lowest BCUT2D eigenvalue weighted by Crippen LogP contribution is -2.36. The maximum absolute atomic E-state index is 11.3. The van der Waals surface area contributed by atoms with Crippen LogP contribution in [0, 0.1) is 0 Å². The second-order valence-corrected chi connectivity index (χ2v) is 5.35. The van der Waals surface area contributed by atoms with Crippen molar-refractivity contribution in [3.05, 3.63) is 34.4 Å². The van der Waals surface area contributed by atoms with Crippen molar-refractivity contribution in [1.82, 2.24) is 20.0 Å². The minimum Gasteiger partial charge on any atom is -0.332 e. The van der Waals surface area contributed by atoms with Crippen molar-refractivity contribution in [2.45, 2.75) is 25.3 Å². The zero-order valence-electron chi connectivity index (χ0n) is 11.8. The molecule has 1 fully saturated rings. The van der Waals surface area contributed by atoms with Crippen LogP contribution in [0.15, 0.2) is 27.5 Å². The molecule has 1 atom stereocenters. The van der Waals surface area contributed by atoms with E-state index in [-0.39, 0.29) is 17.5 Å². The van der Waals surface area contributed by atoms with E-state index in [0.717, 1.165) is 19.6 Å². The van der Waals surface area contributed by atoms with Crippen molar-refractivity contribution in [2.24, 2.45) is 5.73 Å². The minimum absolute atomic E-state index is 0.204. The lowest BCUT2D eigenvalue weighted by atomic mass is 10.1. The zero-order valence-corrected chi connectivity index (χ0v) is 11.8. The maximum Gasteiger partial charge on any atom is 0.274 e. The smallest absolute Gasteiger partial charge is 0.274 e. The molecule has 7 heteroatoms. The van der Waals surface area contributed by atoms with E-state index in [1.807, 2.05) is 0 Å².